The molecule has 0 aliphatic carbocycles. The second-order valence-electron chi connectivity index (χ2n) is 5.18. The van der Waals surface area contributed by atoms with Crippen molar-refractivity contribution in [3.63, 3.8) is 0 Å². The van der Waals surface area contributed by atoms with E-state index in [1.54, 1.807) is 19.1 Å². The topological polar surface area (TPSA) is 70.8 Å². The van der Waals surface area contributed by atoms with Gasteiger partial charge in [0.2, 0.25) is 0 Å². The average molecular weight is 353 g/mol. The maximum atomic E-state index is 12.2. The van der Waals surface area contributed by atoms with E-state index in [2.05, 4.69) is 28.1 Å². The number of ether oxygens (including phenoxy) is 1. The lowest BCUT2D eigenvalue weighted by atomic mass is 10.2. The third-order valence-corrected chi connectivity index (χ3v) is 3.55. The van der Waals surface area contributed by atoms with Gasteiger partial charge in [-0.1, -0.05) is 52.7 Å². The van der Waals surface area contributed by atoms with E-state index in [0.717, 1.165) is 16.5 Å². The molecule has 3 rings (SSSR count). The van der Waals surface area contributed by atoms with Crippen LogP contribution in [-0.2, 0) is 0 Å². The molecule has 0 fully saturated rings. The maximum Gasteiger partial charge on any atom is 0.261 e. The predicted octanol–water partition coefficient (Wildman–Crippen LogP) is 5.05. The van der Waals surface area contributed by atoms with E-state index >= 15 is 0 Å². The molecular weight excluding hydrogens is 326 g/mol. The summed E-state index contributed by atoms with van der Waals surface area (Å²) in [5.74, 6) is 1.26. The monoisotopic (exact) mass is 353 g/mol. The number of hydrogen-bond donors (Lipinski definition) is 2. The van der Waals surface area contributed by atoms with Crippen LogP contribution < -0.4 is 10.3 Å². The molecule has 2 N–H and O–H groups in total. The van der Waals surface area contributed by atoms with Crippen molar-refractivity contribution in [3.05, 3.63) is 71.3 Å². The SMILES string of the molecule is C.C=C/C=C(\C=C)COc1ccc2[nH]c3nc(C)[nH]c(=O)c3c2c1.CC. The molecule has 0 atom stereocenters. The Hall–Kier alpha value is -3.08. The van der Waals surface area contributed by atoms with Gasteiger partial charge in [0.15, 0.2) is 0 Å². The van der Waals surface area contributed by atoms with Gasteiger partial charge in [0.1, 0.15) is 23.8 Å². The van der Waals surface area contributed by atoms with Crippen LogP contribution in [0.4, 0.5) is 0 Å². The molecule has 0 amide bonds. The number of H-pyrrole nitrogens is 2. The van der Waals surface area contributed by atoms with Crippen molar-refractivity contribution in [2.24, 2.45) is 0 Å². The number of aryl methyl sites for hydroxylation is 1. The van der Waals surface area contributed by atoms with Crippen LogP contribution in [-0.4, -0.2) is 21.6 Å². The van der Waals surface area contributed by atoms with Gasteiger partial charge in [-0.3, -0.25) is 4.79 Å². The van der Waals surface area contributed by atoms with E-state index in [1.807, 2.05) is 38.1 Å². The summed E-state index contributed by atoms with van der Waals surface area (Å²) >= 11 is 0. The number of nitrogens with zero attached hydrogens (tertiary/aromatic N) is 1. The number of nitrogens with one attached hydrogen (secondary N) is 2. The lowest BCUT2D eigenvalue weighted by Crippen LogP contribution is -2.08. The van der Waals surface area contributed by atoms with Gasteiger partial charge in [-0.05, 0) is 30.7 Å². The van der Waals surface area contributed by atoms with Crippen LogP contribution in [0.15, 0.2) is 60.0 Å². The minimum atomic E-state index is -0.158. The van der Waals surface area contributed by atoms with Crippen LogP contribution in [0.25, 0.3) is 21.9 Å². The summed E-state index contributed by atoms with van der Waals surface area (Å²) in [6.07, 6.45) is 5.26. The highest BCUT2D eigenvalue weighted by Gasteiger charge is 2.11. The Labute approximate surface area is 154 Å². The Morgan fingerprint density at radius 1 is 1.27 bits per heavy atom. The lowest BCUT2D eigenvalue weighted by molar-refractivity contribution is 0.356. The van der Waals surface area contributed by atoms with Crippen LogP contribution >= 0.6 is 0 Å². The van der Waals surface area contributed by atoms with E-state index in [-0.39, 0.29) is 13.0 Å². The molecule has 26 heavy (non-hydrogen) atoms. The first-order valence-corrected chi connectivity index (χ1v) is 8.21. The highest BCUT2D eigenvalue weighted by Crippen LogP contribution is 2.26. The van der Waals surface area contributed by atoms with Gasteiger partial charge < -0.3 is 14.7 Å². The number of allylic oxidation sites excluding steroid dienone is 2. The number of benzene rings is 1. The fourth-order valence-electron chi connectivity index (χ4n) is 2.48. The summed E-state index contributed by atoms with van der Waals surface area (Å²) < 4.78 is 5.77. The number of hydrogen-bond acceptors (Lipinski definition) is 3. The Morgan fingerprint density at radius 3 is 2.65 bits per heavy atom. The number of aromatic amines is 2. The molecule has 138 valence electrons. The highest BCUT2D eigenvalue weighted by molar-refractivity contribution is 6.05. The smallest absolute Gasteiger partial charge is 0.261 e. The molecule has 0 aliphatic rings. The van der Waals surface area contributed by atoms with Crippen molar-refractivity contribution < 1.29 is 4.74 Å². The van der Waals surface area contributed by atoms with E-state index in [1.165, 1.54) is 0 Å². The van der Waals surface area contributed by atoms with Crippen molar-refractivity contribution in [2.45, 2.75) is 28.2 Å². The van der Waals surface area contributed by atoms with Gasteiger partial charge in [0.25, 0.3) is 5.56 Å². The zero-order valence-electron chi connectivity index (χ0n) is 14.8. The van der Waals surface area contributed by atoms with Crippen molar-refractivity contribution >= 4 is 21.9 Å². The maximum absolute atomic E-state index is 12.2. The fourth-order valence-corrected chi connectivity index (χ4v) is 2.48. The van der Waals surface area contributed by atoms with Crippen LogP contribution in [0.3, 0.4) is 0 Å². The standard InChI is InChI=1S/C18H17N3O2.C2H6.CH4/c1-4-6-12(5-2)10-23-13-7-8-15-14(9-13)16-17(21-15)19-11(3)20-18(16)22;1-2;/h4-9H,1-2,10H2,3H3,(H2,19,20,21,22);1-2H3;1H4/b12-6+;;. The number of fused-ring (bicyclic) bond motifs is 3. The molecule has 0 saturated heterocycles. The molecule has 0 aliphatic heterocycles. The molecule has 0 saturated carbocycles. The molecule has 1 aromatic carbocycles. The van der Waals surface area contributed by atoms with Gasteiger partial charge >= 0.3 is 0 Å². The van der Waals surface area contributed by atoms with E-state index < -0.39 is 0 Å². The van der Waals surface area contributed by atoms with E-state index in [9.17, 15) is 4.79 Å². The number of aromatic nitrogens is 3. The summed E-state index contributed by atoms with van der Waals surface area (Å²) in [4.78, 5) is 22.4. The molecule has 5 nitrogen and oxygen atoms in total. The lowest BCUT2D eigenvalue weighted by Gasteiger charge is -2.06. The highest BCUT2D eigenvalue weighted by atomic mass is 16.5. The summed E-state index contributed by atoms with van der Waals surface area (Å²) in [7, 11) is 0. The van der Waals surface area contributed by atoms with Crippen LogP contribution in [0.2, 0.25) is 0 Å². The minimum Gasteiger partial charge on any atom is -0.489 e. The summed E-state index contributed by atoms with van der Waals surface area (Å²) in [6, 6.07) is 5.58. The first kappa shape index (κ1) is 21.0. The van der Waals surface area contributed by atoms with Gasteiger partial charge in [0.05, 0.1) is 5.39 Å². The first-order valence-electron chi connectivity index (χ1n) is 8.21. The minimum absolute atomic E-state index is 0. The Balaban J connectivity index is 0.00000109. The number of rotatable bonds is 5. The second-order valence-corrected chi connectivity index (χ2v) is 5.18. The predicted molar refractivity (Wildman–Crippen MR) is 111 cm³/mol. The molecular formula is C21H27N3O2. The molecule has 2 heterocycles. The summed E-state index contributed by atoms with van der Waals surface area (Å²) in [6.45, 7) is 13.5. The van der Waals surface area contributed by atoms with Crippen LogP contribution in [0.1, 0.15) is 27.1 Å². The van der Waals surface area contributed by atoms with Crippen molar-refractivity contribution in [1.82, 2.24) is 15.0 Å². The Bertz CT molecular complexity index is 994. The average Bonchev–Trinajstić information content (AvgIpc) is 2.97. The van der Waals surface area contributed by atoms with Crippen molar-refractivity contribution in [2.75, 3.05) is 6.61 Å². The second kappa shape index (κ2) is 9.42. The molecule has 0 bridgehead atoms. The molecule has 5 heteroatoms. The molecule has 0 radical (unpaired) electrons. The molecule has 3 aromatic rings. The molecule has 2 aromatic heterocycles. The first-order chi connectivity index (χ1) is 12.1. The van der Waals surface area contributed by atoms with Crippen molar-refractivity contribution in [3.8, 4) is 5.75 Å². The van der Waals surface area contributed by atoms with Gasteiger partial charge in [-0.2, -0.15) is 0 Å². The zero-order valence-corrected chi connectivity index (χ0v) is 14.8. The van der Waals surface area contributed by atoms with E-state index in [4.69, 9.17) is 4.74 Å². The van der Waals surface area contributed by atoms with Crippen LogP contribution in [0, 0.1) is 6.92 Å². The van der Waals surface area contributed by atoms with Gasteiger partial charge in [-0.15, -0.1) is 0 Å². The largest absolute Gasteiger partial charge is 0.489 e. The summed E-state index contributed by atoms with van der Waals surface area (Å²) in [5.41, 5.74) is 2.20. The van der Waals surface area contributed by atoms with E-state index in [0.29, 0.717) is 29.2 Å². The quantitative estimate of drug-likeness (QED) is 0.630. The molecule has 0 unspecified atom stereocenters. The van der Waals surface area contributed by atoms with Gasteiger partial charge in [0, 0.05) is 10.9 Å². The van der Waals surface area contributed by atoms with Crippen LogP contribution in [0.5, 0.6) is 5.75 Å². The van der Waals surface area contributed by atoms with Crippen molar-refractivity contribution in [1.29, 1.82) is 0 Å². The third kappa shape index (κ3) is 4.30. The zero-order chi connectivity index (χ0) is 18.4. The van der Waals surface area contributed by atoms with Gasteiger partial charge in [-0.25, -0.2) is 4.98 Å². The Morgan fingerprint density at radius 2 is 2.00 bits per heavy atom. The fraction of sp³-hybridized carbons (Fsp3) is 0.238. The Kier molecular flexibility index (Phi) is 7.59. The third-order valence-electron chi connectivity index (χ3n) is 3.55. The normalized spacial score (nSPS) is 10.7. The summed E-state index contributed by atoms with van der Waals surface area (Å²) in [5, 5.41) is 1.33. The molecule has 0 spiro atoms.